The molecule has 0 amide bonds. The summed E-state index contributed by atoms with van der Waals surface area (Å²) in [6.07, 6.45) is 5.62. The Balaban J connectivity index is 1.71. The number of phenols is 1. The van der Waals surface area contributed by atoms with Crippen molar-refractivity contribution >= 4 is 22.6 Å². The SMILES string of the molecule is C=C/C=C(\C=C)CN1CCN(Cc2cc(=O)oc3cc(O)c(Cl)cc23)CC1. The molecular formula is C21H23ClN2O3. The van der Waals surface area contributed by atoms with Gasteiger partial charge in [-0.15, -0.1) is 0 Å². The lowest BCUT2D eigenvalue weighted by molar-refractivity contribution is 0.136. The number of phenolic OH excluding ortho intramolecular Hbond substituents is 1. The number of hydrogen-bond donors (Lipinski definition) is 1. The van der Waals surface area contributed by atoms with E-state index in [0.29, 0.717) is 12.1 Å². The molecule has 0 saturated carbocycles. The van der Waals surface area contributed by atoms with Crippen LogP contribution in [0.25, 0.3) is 11.0 Å². The molecule has 0 radical (unpaired) electrons. The molecule has 0 spiro atoms. The zero-order chi connectivity index (χ0) is 19.4. The summed E-state index contributed by atoms with van der Waals surface area (Å²) in [6.45, 7) is 12.7. The zero-order valence-corrected chi connectivity index (χ0v) is 15.9. The third kappa shape index (κ3) is 4.69. The molecule has 0 atom stereocenters. The van der Waals surface area contributed by atoms with Gasteiger partial charge in [0.15, 0.2) is 0 Å². The molecule has 6 heteroatoms. The van der Waals surface area contributed by atoms with Crippen molar-refractivity contribution in [2.75, 3.05) is 32.7 Å². The van der Waals surface area contributed by atoms with Gasteiger partial charge in [-0.2, -0.15) is 0 Å². The summed E-state index contributed by atoms with van der Waals surface area (Å²) in [5, 5.41) is 10.7. The number of aromatic hydroxyl groups is 1. The van der Waals surface area contributed by atoms with Crippen molar-refractivity contribution in [3.05, 3.63) is 76.2 Å². The Bertz CT molecular complexity index is 940. The summed E-state index contributed by atoms with van der Waals surface area (Å²) in [5.74, 6) is -0.0938. The Morgan fingerprint density at radius 3 is 2.56 bits per heavy atom. The minimum absolute atomic E-state index is 0.0938. The largest absolute Gasteiger partial charge is 0.506 e. The van der Waals surface area contributed by atoms with Gasteiger partial charge in [0.25, 0.3) is 0 Å². The summed E-state index contributed by atoms with van der Waals surface area (Å²) in [5.41, 5.74) is 1.93. The number of nitrogens with zero attached hydrogens (tertiary/aromatic N) is 2. The van der Waals surface area contributed by atoms with Crippen molar-refractivity contribution < 1.29 is 9.52 Å². The van der Waals surface area contributed by atoms with Crippen LogP contribution in [0.5, 0.6) is 5.75 Å². The van der Waals surface area contributed by atoms with Crippen LogP contribution in [0, 0.1) is 0 Å². The van der Waals surface area contributed by atoms with Crippen LogP contribution in [0.1, 0.15) is 5.56 Å². The number of piperazine rings is 1. The maximum Gasteiger partial charge on any atom is 0.336 e. The lowest BCUT2D eigenvalue weighted by atomic mass is 10.1. The second-order valence-electron chi connectivity index (χ2n) is 6.62. The quantitative estimate of drug-likeness (QED) is 0.607. The first kappa shape index (κ1) is 19.4. The van der Waals surface area contributed by atoms with Gasteiger partial charge in [0.1, 0.15) is 11.3 Å². The third-order valence-corrected chi connectivity index (χ3v) is 5.06. The van der Waals surface area contributed by atoms with Crippen molar-refractivity contribution in [1.29, 1.82) is 0 Å². The fourth-order valence-corrected chi connectivity index (χ4v) is 3.47. The number of benzene rings is 1. The Morgan fingerprint density at radius 2 is 1.89 bits per heavy atom. The molecule has 1 aromatic heterocycles. The van der Waals surface area contributed by atoms with E-state index in [0.717, 1.165) is 49.2 Å². The molecule has 1 N–H and O–H groups in total. The normalized spacial score (nSPS) is 16.6. The van der Waals surface area contributed by atoms with E-state index in [2.05, 4.69) is 23.0 Å². The maximum atomic E-state index is 11.9. The predicted octanol–water partition coefficient (Wildman–Crippen LogP) is 3.57. The molecule has 2 aromatic rings. The summed E-state index contributed by atoms with van der Waals surface area (Å²) in [7, 11) is 0. The maximum absolute atomic E-state index is 11.9. The molecular weight excluding hydrogens is 364 g/mol. The molecule has 0 aliphatic carbocycles. The Morgan fingerprint density at radius 1 is 1.19 bits per heavy atom. The fraction of sp³-hybridized carbons (Fsp3) is 0.286. The number of hydrogen-bond acceptors (Lipinski definition) is 5. The monoisotopic (exact) mass is 386 g/mol. The van der Waals surface area contributed by atoms with Crippen LogP contribution in [-0.4, -0.2) is 47.6 Å². The summed E-state index contributed by atoms with van der Waals surface area (Å²) in [6, 6.07) is 4.55. The summed E-state index contributed by atoms with van der Waals surface area (Å²) < 4.78 is 5.20. The predicted molar refractivity (Wildman–Crippen MR) is 109 cm³/mol. The molecule has 142 valence electrons. The van der Waals surface area contributed by atoms with Crippen molar-refractivity contribution in [3.8, 4) is 5.75 Å². The van der Waals surface area contributed by atoms with E-state index >= 15 is 0 Å². The van der Waals surface area contributed by atoms with Crippen LogP contribution in [0.3, 0.4) is 0 Å². The molecule has 0 unspecified atom stereocenters. The molecule has 2 heterocycles. The number of rotatable bonds is 6. The molecule has 1 aliphatic heterocycles. The van der Waals surface area contributed by atoms with E-state index in [1.807, 2.05) is 12.2 Å². The van der Waals surface area contributed by atoms with Crippen molar-refractivity contribution in [2.45, 2.75) is 6.54 Å². The van der Waals surface area contributed by atoms with Gasteiger partial charge in [-0.1, -0.05) is 43.0 Å². The van der Waals surface area contributed by atoms with E-state index in [9.17, 15) is 9.90 Å². The minimum Gasteiger partial charge on any atom is -0.506 e. The zero-order valence-electron chi connectivity index (χ0n) is 15.2. The van der Waals surface area contributed by atoms with Gasteiger partial charge < -0.3 is 9.52 Å². The minimum atomic E-state index is -0.428. The second kappa shape index (κ2) is 8.57. The first-order chi connectivity index (χ1) is 13.0. The average Bonchev–Trinajstić information content (AvgIpc) is 2.64. The van der Waals surface area contributed by atoms with Gasteiger partial charge >= 0.3 is 5.63 Å². The topological polar surface area (TPSA) is 56.9 Å². The Labute approximate surface area is 163 Å². The van der Waals surface area contributed by atoms with Crippen LogP contribution < -0.4 is 5.63 Å². The van der Waals surface area contributed by atoms with E-state index in [4.69, 9.17) is 16.0 Å². The first-order valence-electron chi connectivity index (χ1n) is 8.84. The highest BCUT2D eigenvalue weighted by Gasteiger charge is 2.19. The lowest BCUT2D eigenvalue weighted by Crippen LogP contribution is -2.46. The fourth-order valence-electron chi connectivity index (χ4n) is 3.31. The van der Waals surface area contributed by atoms with E-state index < -0.39 is 5.63 Å². The van der Waals surface area contributed by atoms with Crippen molar-refractivity contribution in [2.24, 2.45) is 0 Å². The van der Waals surface area contributed by atoms with Gasteiger partial charge in [0.05, 0.1) is 5.02 Å². The summed E-state index contributed by atoms with van der Waals surface area (Å²) in [4.78, 5) is 16.6. The van der Waals surface area contributed by atoms with Crippen LogP contribution in [-0.2, 0) is 6.54 Å². The highest BCUT2D eigenvalue weighted by atomic mass is 35.5. The van der Waals surface area contributed by atoms with Gasteiger partial charge in [-0.25, -0.2) is 4.79 Å². The molecule has 1 aliphatic rings. The molecule has 1 saturated heterocycles. The van der Waals surface area contributed by atoms with Gasteiger partial charge in [0.2, 0.25) is 0 Å². The van der Waals surface area contributed by atoms with E-state index in [-0.39, 0.29) is 10.8 Å². The molecule has 1 aromatic carbocycles. The number of fused-ring (bicyclic) bond motifs is 1. The van der Waals surface area contributed by atoms with Crippen molar-refractivity contribution in [3.63, 3.8) is 0 Å². The Kier molecular flexibility index (Phi) is 6.16. The Hall–Kier alpha value is -2.34. The van der Waals surface area contributed by atoms with E-state index in [1.165, 1.54) is 12.1 Å². The average molecular weight is 387 g/mol. The van der Waals surface area contributed by atoms with Crippen LogP contribution in [0.2, 0.25) is 5.02 Å². The lowest BCUT2D eigenvalue weighted by Gasteiger charge is -2.35. The number of allylic oxidation sites excluding steroid dienone is 2. The molecule has 3 rings (SSSR count). The van der Waals surface area contributed by atoms with Crippen LogP contribution in [0.4, 0.5) is 0 Å². The first-order valence-corrected chi connectivity index (χ1v) is 9.22. The van der Waals surface area contributed by atoms with Gasteiger partial charge in [-0.3, -0.25) is 9.80 Å². The number of halogens is 1. The molecule has 5 nitrogen and oxygen atoms in total. The molecule has 1 fully saturated rings. The van der Waals surface area contributed by atoms with E-state index in [1.54, 1.807) is 12.1 Å². The standard InChI is InChI=1S/C21H23ClN2O3/c1-3-5-15(4-2)13-23-6-8-24(9-7-23)14-16-10-21(26)27-20-12-19(25)18(22)11-17(16)20/h3-5,10-12,25H,1-2,6-9,13-14H2/b15-5+. The summed E-state index contributed by atoms with van der Waals surface area (Å²) >= 11 is 6.04. The van der Waals surface area contributed by atoms with Gasteiger partial charge in [-0.05, 0) is 17.2 Å². The smallest absolute Gasteiger partial charge is 0.336 e. The highest BCUT2D eigenvalue weighted by Crippen LogP contribution is 2.30. The molecule has 27 heavy (non-hydrogen) atoms. The van der Waals surface area contributed by atoms with Crippen LogP contribution in [0.15, 0.2) is 64.4 Å². The molecule has 0 bridgehead atoms. The second-order valence-corrected chi connectivity index (χ2v) is 7.03. The highest BCUT2D eigenvalue weighted by molar-refractivity contribution is 6.32. The van der Waals surface area contributed by atoms with Crippen LogP contribution >= 0.6 is 11.6 Å². The third-order valence-electron chi connectivity index (χ3n) is 4.76. The van der Waals surface area contributed by atoms with Gasteiger partial charge in [0, 0.05) is 56.8 Å². The van der Waals surface area contributed by atoms with Crippen molar-refractivity contribution in [1.82, 2.24) is 9.80 Å².